The van der Waals surface area contributed by atoms with Gasteiger partial charge in [0, 0.05) is 50.7 Å². The lowest BCUT2D eigenvalue weighted by Crippen LogP contribution is -2.48. The number of nitrogens with one attached hydrogen (secondary N) is 1. The van der Waals surface area contributed by atoms with Crippen LogP contribution in [0.3, 0.4) is 0 Å². The Morgan fingerprint density at radius 1 is 1.00 bits per heavy atom. The second kappa shape index (κ2) is 10.1. The lowest BCUT2D eigenvalue weighted by atomic mass is 10.2. The molecule has 154 valence electrons. The minimum Gasteiger partial charge on any atom is -0.351 e. The minimum atomic E-state index is -0.503. The first-order valence-corrected chi connectivity index (χ1v) is 10.2. The third-order valence-corrected chi connectivity index (χ3v) is 5.41. The van der Waals surface area contributed by atoms with Crippen molar-refractivity contribution in [2.45, 2.75) is 13.0 Å². The molecule has 0 saturated carbocycles. The van der Waals surface area contributed by atoms with Gasteiger partial charge in [0.1, 0.15) is 5.82 Å². The Bertz CT molecular complexity index is 869. The lowest BCUT2D eigenvalue weighted by molar-refractivity contribution is -0.132. The Balaban J connectivity index is 1.39. The van der Waals surface area contributed by atoms with E-state index in [2.05, 4.69) is 10.2 Å². The summed E-state index contributed by atoms with van der Waals surface area (Å²) in [5, 5.41) is 3.43. The molecule has 1 fully saturated rings. The molecule has 0 aromatic heterocycles. The standard InChI is InChI=1S/C21H22Cl2FN3O2/c22-16-3-1-15(2-4-16)14-26-9-11-27(12-10-26)20(28)7-8-25-21(29)18-6-5-17(24)13-19(18)23/h1-6,13H,7-12,14H2,(H,25,29). The summed E-state index contributed by atoms with van der Waals surface area (Å²) in [6.07, 6.45) is 0.210. The van der Waals surface area contributed by atoms with Crippen LogP contribution >= 0.6 is 23.2 Å². The highest BCUT2D eigenvalue weighted by atomic mass is 35.5. The molecule has 0 radical (unpaired) electrons. The van der Waals surface area contributed by atoms with E-state index in [-0.39, 0.29) is 29.5 Å². The van der Waals surface area contributed by atoms with Crippen LogP contribution in [0.2, 0.25) is 10.0 Å². The summed E-state index contributed by atoms with van der Waals surface area (Å²) in [7, 11) is 0. The highest BCUT2D eigenvalue weighted by Gasteiger charge is 2.21. The molecular formula is C21H22Cl2FN3O2. The van der Waals surface area contributed by atoms with E-state index in [0.29, 0.717) is 13.1 Å². The highest BCUT2D eigenvalue weighted by Crippen LogP contribution is 2.17. The molecule has 1 aliphatic heterocycles. The molecule has 1 saturated heterocycles. The molecule has 1 aliphatic rings. The summed E-state index contributed by atoms with van der Waals surface area (Å²) in [5.74, 6) is -0.922. The molecule has 2 aromatic rings. The number of amides is 2. The van der Waals surface area contributed by atoms with Crippen molar-refractivity contribution in [1.82, 2.24) is 15.1 Å². The third kappa shape index (κ3) is 6.16. The van der Waals surface area contributed by atoms with Gasteiger partial charge < -0.3 is 10.2 Å². The van der Waals surface area contributed by atoms with Gasteiger partial charge in [-0.3, -0.25) is 14.5 Å². The Morgan fingerprint density at radius 3 is 2.34 bits per heavy atom. The van der Waals surface area contributed by atoms with Crippen molar-refractivity contribution in [2.24, 2.45) is 0 Å². The van der Waals surface area contributed by atoms with Crippen LogP contribution in [0.25, 0.3) is 0 Å². The second-order valence-electron chi connectivity index (χ2n) is 6.91. The topological polar surface area (TPSA) is 52.7 Å². The van der Waals surface area contributed by atoms with Gasteiger partial charge in [0.15, 0.2) is 0 Å². The van der Waals surface area contributed by atoms with Crippen molar-refractivity contribution >= 4 is 35.0 Å². The summed E-state index contributed by atoms with van der Waals surface area (Å²) in [6, 6.07) is 11.4. The van der Waals surface area contributed by atoms with Crippen LogP contribution in [-0.4, -0.2) is 54.3 Å². The summed E-state index contributed by atoms with van der Waals surface area (Å²) in [6.45, 7) is 3.94. The number of carbonyl (C=O) groups is 2. The average molecular weight is 438 g/mol. The van der Waals surface area contributed by atoms with Gasteiger partial charge in [0.25, 0.3) is 5.91 Å². The smallest absolute Gasteiger partial charge is 0.252 e. The number of rotatable bonds is 6. The van der Waals surface area contributed by atoms with E-state index in [1.165, 1.54) is 17.7 Å². The first kappa shape index (κ1) is 21.6. The normalized spacial score (nSPS) is 14.7. The number of hydrogen-bond acceptors (Lipinski definition) is 3. The van der Waals surface area contributed by atoms with Crippen LogP contribution in [-0.2, 0) is 11.3 Å². The molecule has 0 atom stereocenters. The Hall–Kier alpha value is -2.15. The zero-order valence-corrected chi connectivity index (χ0v) is 17.3. The van der Waals surface area contributed by atoms with E-state index in [1.54, 1.807) is 0 Å². The second-order valence-corrected chi connectivity index (χ2v) is 7.76. The summed E-state index contributed by atoms with van der Waals surface area (Å²) >= 11 is 11.8. The van der Waals surface area contributed by atoms with Crippen molar-refractivity contribution in [3.05, 3.63) is 69.5 Å². The Kier molecular flexibility index (Phi) is 7.47. The molecule has 8 heteroatoms. The van der Waals surface area contributed by atoms with Crippen molar-refractivity contribution in [3.8, 4) is 0 Å². The molecule has 0 bridgehead atoms. The van der Waals surface area contributed by atoms with Gasteiger partial charge in [-0.2, -0.15) is 0 Å². The largest absolute Gasteiger partial charge is 0.351 e. The minimum absolute atomic E-state index is 0.00152. The molecule has 29 heavy (non-hydrogen) atoms. The van der Waals surface area contributed by atoms with Gasteiger partial charge in [-0.15, -0.1) is 0 Å². The van der Waals surface area contributed by atoms with Crippen molar-refractivity contribution < 1.29 is 14.0 Å². The number of nitrogens with zero attached hydrogens (tertiary/aromatic N) is 2. The van der Waals surface area contributed by atoms with Crippen LogP contribution < -0.4 is 5.32 Å². The molecule has 0 spiro atoms. The fourth-order valence-electron chi connectivity index (χ4n) is 3.21. The Morgan fingerprint density at radius 2 is 1.69 bits per heavy atom. The maximum atomic E-state index is 13.1. The van der Waals surface area contributed by atoms with Gasteiger partial charge >= 0.3 is 0 Å². The molecule has 0 unspecified atom stereocenters. The fourth-order valence-corrected chi connectivity index (χ4v) is 3.59. The van der Waals surface area contributed by atoms with E-state index in [0.717, 1.165) is 30.7 Å². The van der Waals surface area contributed by atoms with Gasteiger partial charge in [0.05, 0.1) is 10.6 Å². The monoisotopic (exact) mass is 437 g/mol. The van der Waals surface area contributed by atoms with Crippen LogP contribution in [0.5, 0.6) is 0 Å². The van der Waals surface area contributed by atoms with Gasteiger partial charge in [-0.1, -0.05) is 35.3 Å². The van der Waals surface area contributed by atoms with E-state index in [1.807, 2.05) is 29.2 Å². The van der Waals surface area contributed by atoms with Crippen LogP contribution in [0, 0.1) is 5.82 Å². The number of piperazine rings is 1. The van der Waals surface area contributed by atoms with Crippen molar-refractivity contribution in [3.63, 3.8) is 0 Å². The summed E-state index contributed by atoms with van der Waals surface area (Å²) < 4.78 is 13.1. The average Bonchev–Trinajstić information content (AvgIpc) is 2.70. The quantitative estimate of drug-likeness (QED) is 0.750. The lowest BCUT2D eigenvalue weighted by Gasteiger charge is -2.34. The molecule has 0 aliphatic carbocycles. The maximum Gasteiger partial charge on any atom is 0.252 e. The molecule has 1 N–H and O–H groups in total. The van der Waals surface area contributed by atoms with Crippen LogP contribution in [0.1, 0.15) is 22.3 Å². The van der Waals surface area contributed by atoms with Crippen LogP contribution in [0.15, 0.2) is 42.5 Å². The third-order valence-electron chi connectivity index (χ3n) is 4.84. The van der Waals surface area contributed by atoms with E-state index in [9.17, 15) is 14.0 Å². The van der Waals surface area contributed by atoms with Gasteiger partial charge in [0.2, 0.25) is 5.91 Å². The molecular weight excluding hydrogens is 416 g/mol. The van der Waals surface area contributed by atoms with Gasteiger partial charge in [-0.05, 0) is 35.9 Å². The first-order valence-electron chi connectivity index (χ1n) is 9.40. The molecule has 2 aromatic carbocycles. The SMILES string of the molecule is O=C(NCCC(=O)N1CCN(Cc2ccc(Cl)cc2)CC1)c1ccc(F)cc1Cl. The van der Waals surface area contributed by atoms with Crippen LogP contribution in [0.4, 0.5) is 4.39 Å². The fraction of sp³-hybridized carbons (Fsp3) is 0.333. The zero-order chi connectivity index (χ0) is 20.8. The molecule has 5 nitrogen and oxygen atoms in total. The van der Waals surface area contributed by atoms with E-state index < -0.39 is 11.7 Å². The maximum absolute atomic E-state index is 13.1. The van der Waals surface area contributed by atoms with Gasteiger partial charge in [-0.25, -0.2) is 4.39 Å². The van der Waals surface area contributed by atoms with E-state index in [4.69, 9.17) is 23.2 Å². The number of hydrogen-bond donors (Lipinski definition) is 1. The number of carbonyl (C=O) groups excluding carboxylic acids is 2. The van der Waals surface area contributed by atoms with E-state index >= 15 is 0 Å². The molecule has 3 rings (SSSR count). The first-order chi connectivity index (χ1) is 13.9. The van der Waals surface area contributed by atoms with Crippen molar-refractivity contribution in [1.29, 1.82) is 0 Å². The number of benzene rings is 2. The Labute approximate surface area is 179 Å². The van der Waals surface area contributed by atoms with Crippen molar-refractivity contribution in [2.75, 3.05) is 32.7 Å². The number of halogens is 3. The predicted molar refractivity (Wildman–Crippen MR) is 112 cm³/mol. The summed E-state index contributed by atoms with van der Waals surface area (Å²) in [4.78, 5) is 28.6. The zero-order valence-electron chi connectivity index (χ0n) is 15.8. The predicted octanol–water partition coefficient (Wildman–Crippen LogP) is 3.60. The molecule has 1 heterocycles. The summed E-state index contributed by atoms with van der Waals surface area (Å²) in [5.41, 5.74) is 1.38. The molecule has 2 amide bonds. The highest BCUT2D eigenvalue weighted by molar-refractivity contribution is 6.33.